The zero-order valence-electron chi connectivity index (χ0n) is 13.1. The lowest BCUT2D eigenvalue weighted by molar-refractivity contribution is -0.00572. The fourth-order valence-corrected chi connectivity index (χ4v) is 2.21. The van der Waals surface area contributed by atoms with Crippen LogP contribution in [0, 0.1) is 0 Å². The number of amides is 1. The average Bonchev–Trinajstić information content (AvgIpc) is 2.86. The summed E-state index contributed by atoms with van der Waals surface area (Å²) < 4.78 is 11.3. The van der Waals surface area contributed by atoms with Gasteiger partial charge in [-0.15, -0.1) is 0 Å². The van der Waals surface area contributed by atoms with Crippen molar-refractivity contribution in [3.63, 3.8) is 0 Å². The zero-order chi connectivity index (χ0) is 15.5. The Labute approximate surface area is 125 Å². The fraction of sp³-hybridized carbons (Fsp3) is 0.667. The second kappa shape index (κ2) is 6.39. The standard InChI is InChI=1S/C15H23N3O3/c1-11(13-9-16-6-7-17-13)20-12-5-8-18(10-12)14(19)21-15(2,3)4/h6-7,9,11-12H,5,8,10H2,1-4H3/t11-,12-/m0/s1. The first-order chi connectivity index (χ1) is 9.85. The Hall–Kier alpha value is -1.69. The Morgan fingerprint density at radius 3 is 2.81 bits per heavy atom. The predicted octanol–water partition coefficient (Wildman–Crippen LogP) is 2.56. The number of aromatic nitrogens is 2. The highest BCUT2D eigenvalue weighted by atomic mass is 16.6. The number of carbonyl (C=O) groups is 1. The molecule has 0 aromatic carbocycles. The van der Waals surface area contributed by atoms with Crippen LogP contribution >= 0.6 is 0 Å². The summed E-state index contributed by atoms with van der Waals surface area (Å²) in [7, 11) is 0. The van der Waals surface area contributed by atoms with Gasteiger partial charge in [-0.25, -0.2) is 4.79 Å². The normalized spacial score (nSPS) is 20.4. The molecule has 0 aliphatic carbocycles. The summed E-state index contributed by atoms with van der Waals surface area (Å²) in [6, 6.07) is 0. The van der Waals surface area contributed by atoms with Crippen molar-refractivity contribution < 1.29 is 14.3 Å². The van der Waals surface area contributed by atoms with Crippen molar-refractivity contribution in [2.24, 2.45) is 0 Å². The van der Waals surface area contributed by atoms with E-state index in [-0.39, 0.29) is 18.3 Å². The molecule has 6 nitrogen and oxygen atoms in total. The third kappa shape index (κ3) is 4.67. The van der Waals surface area contributed by atoms with Crippen molar-refractivity contribution in [1.29, 1.82) is 0 Å². The van der Waals surface area contributed by atoms with Gasteiger partial charge in [0.05, 0.1) is 30.6 Å². The Bertz CT molecular complexity index is 473. The Morgan fingerprint density at radius 2 is 2.19 bits per heavy atom. The molecule has 0 radical (unpaired) electrons. The van der Waals surface area contributed by atoms with E-state index in [9.17, 15) is 4.79 Å². The van der Waals surface area contributed by atoms with Crippen molar-refractivity contribution in [1.82, 2.24) is 14.9 Å². The fourth-order valence-electron chi connectivity index (χ4n) is 2.21. The lowest BCUT2D eigenvalue weighted by atomic mass is 10.2. The smallest absolute Gasteiger partial charge is 0.410 e. The molecule has 1 aromatic rings. The predicted molar refractivity (Wildman–Crippen MR) is 77.7 cm³/mol. The summed E-state index contributed by atoms with van der Waals surface area (Å²) in [6.45, 7) is 8.76. The van der Waals surface area contributed by atoms with E-state index >= 15 is 0 Å². The molecule has 21 heavy (non-hydrogen) atoms. The van der Waals surface area contributed by atoms with E-state index in [4.69, 9.17) is 9.47 Å². The third-order valence-electron chi connectivity index (χ3n) is 3.19. The number of ether oxygens (including phenoxy) is 2. The Balaban J connectivity index is 1.84. The Morgan fingerprint density at radius 1 is 1.43 bits per heavy atom. The van der Waals surface area contributed by atoms with Crippen LogP contribution < -0.4 is 0 Å². The molecule has 6 heteroatoms. The average molecular weight is 293 g/mol. The number of likely N-dealkylation sites (tertiary alicyclic amines) is 1. The first-order valence-electron chi connectivity index (χ1n) is 7.24. The van der Waals surface area contributed by atoms with Gasteiger partial charge in [0.1, 0.15) is 5.60 Å². The minimum absolute atomic E-state index is 0.00882. The second-order valence-corrected chi connectivity index (χ2v) is 6.25. The highest BCUT2D eigenvalue weighted by molar-refractivity contribution is 5.68. The van der Waals surface area contributed by atoms with Crippen LogP contribution in [0.3, 0.4) is 0 Å². The summed E-state index contributed by atoms with van der Waals surface area (Å²) >= 11 is 0. The van der Waals surface area contributed by atoms with E-state index in [0.717, 1.165) is 12.1 Å². The SMILES string of the molecule is C[C@H](O[C@H]1CCN(C(=O)OC(C)(C)C)C1)c1cnccn1. The molecule has 116 valence electrons. The number of carbonyl (C=O) groups excluding carboxylic acids is 1. The topological polar surface area (TPSA) is 64.5 Å². The number of hydrogen-bond donors (Lipinski definition) is 0. The van der Waals surface area contributed by atoms with Gasteiger partial charge in [0, 0.05) is 18.9 Å². The van der Waals surface area contributed by atoms with E-state index in [1.54, 1.807) is 23.5 Å². The maximum absolute atomic E-state index is 12.0. The molecule has 1 aliphatic rings. The highest BCUT2D eigenvalue weighted by Crippen LogP contribution is 2.22. The molecule has 0 N–H and O–H groups in total. The van der Waals surface area contributed by atoms with E-state index in [1.165, 1.54) is 0 Å². The van der Waals surface area contributed by atoms with Crippen LogP contribution in [0.1, 0.15) is 45.9 Å². The molecule has 2 atom stereocenters. The van der Waals surface area contributed by atoms with Gasteiger partial charge in [0.25, 0.3) is 0 Å². The lowest BCUT2D eigenvalue weighted by Gasteiger charge is -2.24. The van der Waals surface area contributed by atoms with E-state index in [0.29, 0.717) is 13.1 Å². The second-order valence-electron chi connectivity index (χ2n) is 6.25. The highest BCUT2D eigenvalue weighted by Gasteiger charge is 2.31. The monoisotopic (exact) mass is 293 g/mol. The van der Waals surface area contributed by atoms with Crippen LogP contribution in [-0.2, 0) is 9.47 Å². The van der Waals surface area contributed by atoms with Crippen molar-refractivity contribution >= 4 is 6.09 Å². The van der Waals surface area contributed by atoms with Gasteiger partial charge in [0.2, 0.25) is 0 Å². The van der Waals surface area contributed by atoms with Gasteiger partial charge in [-0.05, 0) is 34.1 Å². The summed E-state index contributed by atoms with van der Waals surface area (Å²) in [4.78, 5) is 21.9. The third-order valence-corrected chi connectivity index (χ3v) is 3.19. The molecule has 1 aromatic heterocycles. The molecule has 0 spiro atoms. The molecule has 1 fully saturated rings. The van der Waals surface area contributed by atoms with E-state index < -0.39 is 5.60 Å². The molecule has 2 heterocycles. The van der Waals surface area contributed by atoms with Gasteiger partial charge in [-0.2, -0.15) is 0 Å². The summed E-state index contributed by atoms with van der Waals surface area (Å²) in [5.74, 6) is 0. The minimum Gasteiger partial charge on any atom is -0.444 e. The molecule has 0 saturated carbocycles. The first kappa shape index (κ1) is 15.7. The summed E-state index contributed by atoms with van der Waals surface area (Å²) in [5, 5.41) is 0. The van der Waals surface area contributed by atoms with Crippen LogP contribution in [0.4, 0.5) is 4.79 Å². The van der Waals surface area contributed by atoms with Crippen LogP contribution in [0.5, 0.6) is 0 Å². The Kier molecular flexibility index (Phi) is 4.77. The number of rotatable bonds is 3. The van der Waals surface area contributed by atoms with E-state index in [1.807, 2.05) is 27.7 Å². The van der Waals surface area contributed by atoms with Gasteiger partial charge < -0.3 is 14.4 Å². The van der Waals surface area contributed by atoms with E-state index in [2.05, 4.69) is 9.97 Å². The largest absolute Gasteiger partial charge is 0.444 e. The summed E-state index contributed by atoms with van der Waals surface area (Å²) in [6.07, 6.45) is 5.39. The summed E-state index contributed by atoms with van der Waals surface area (Å²) in [5.41, 5.74) is 0.330. The zero-order valence-corrected chi connectivity index (χ0v) is 13.1. The maximum Gasteiger partial charge on any atom is 0.410 e. The number of hydrogen-bond acceptors (Lipinski definition) is 5. The van der Waals surface area contributed by atoms with Crippen molar-refractivity contribution in [3.05, 3.63) is 24.3 Å². The molecule has 2 rings (SSSR count). The molecule has 0 unspecified atom stereocenters. The van der Waals surface area contributed by atoms with Crippen LogP contribution in [0.2, 0.25) is 0 Å². The maximum atomic E-state index is 12.0. The van der Waals surface area contributed by atoms with Crippen molar-refractivity contribution in [3.8, 4) is 0 Å². The van der Waals surface area contributed by atoms with Gasteiger partial charge >= 0.3 is 6.09 Å². The molecular formula is C15H23N3O3. The molecule has 1 saturated heterocycles. The van der Waals surface area contributed by atoms with Crippen molar-refractivity contribution in [2.75, 3.05) is 13.1 Å². The molecular weight excluding hydrogens is 270 g/mol. The van der Waals surface area contributed by atoms with Gasteiger partial charge in [-0.1, -0.05) is 0 Å². The molecule has 1 aliphatic heterocycles. The van der Waals surface area contributed by atoms with Crippen LogP contribution in [-0.4, -0.2) is 45.8 Å². The lowest BCUT2D eigenvalue weighted by Crippen LogP contribution is -2.36. The van der Waals surface area contributed by atoms with Crippen LogP contribution in [0.25, 0.3) is 0 Å². The molecule has 0 bridgehead atoms. The minimum atomic E-state index is -0.469. The quantitative estimate of drug-likeness (QED) is 0.857. The van der Waals surface area contributed by atoms with Crippen LogP contribution in [0.15, 0.2) is 18.6 Å². The number of nitrogens with zero attached hydrogens (tertiary/aromatic N) is 3. The first-order valence-corrected chi connectivity index (χ1v) is 7.24. The van der Waals surface area contributed by atoms with Crippen molar-refractivity contribution in [2.45, 2.75) is 51.9 Å². The van der Waals surface area contributed by atoms with Gasteiger partial charge in [0.15, 0.2) is 0 Å². The molecule has 1 amide bonds. The van der Waals surface area contributed by atoms with Gasteiger partial charge in [-0.3, -0.25) is 9.97 Å².